The third-order valence-corrected chi connectivity index (χ3v) is 10.0. The highest BCUT2D eigenvalue weighted by atomic mass is 28.4. The van der Waals surface area contributed by atoms with Crippen LogP contribution in [0.4, 0.5) is 4.79 Å². The van der Waals surface area contributed by atoms with Crippen LogP contribution in [0.15, 0.2) is 73.1 Å². The van der Waals surface area contributed by atoms with Crippen molar-refractivity contribution in [1.29, 1.82) is 0 Å². The van der Waals surface area contributed by atoms with Gasteiger partial charge in [0.2, 0.25) is 0 Å². The van der Waals surface area contributed by atoms with Crippen molar-refractivity contribution in [1.82, 2.24) is 9.97 Å². The zero-order chi connectivity index (χ0) is 21.6. The first-order chi connectivity index (χ1) is 14.3. The number of primary amides is 1. The second-order valence-corrected chi connectivity index (χ2v) is 12.3. The maximum Gasteiger partial charge on any atom is 0.410 e. The van der Waals surface area contributed by atoms with Crippen molar-refractivity contribution >= 4 is 24.8 Å². The fourth-order valence-corrected chi connectivity index (χ4v) is 8.26. The van der Waals surface area contributed by atoms with Crippen LogP contribution in [0.3, 0.4) is 0 Å². The smallest absolute Gasteiger partial charge is 0.407 e. The average molecular weight is 422 g/mol. The minimum absolute atomic E-state index is 0.0876. The van der Waals surface area contributed by atoms with Gasteiger partial charge in [-0.3, -0.25) is 0 Å². The lowest BCUT2D eigenvalue weighted by molar-refractivity contribution is 0.210. The molecule has 0 spiro atoms. The minimum atomic E-state index is -2.58. The maximum absolute atomic E-state index is 10.8. The molecule has 0 atom stereocenters. The summed E-state index contributed by atoms with van der Waals surface area (Å²) in [6.45, 7) is 7.20. The van der Waals surface area contributed by atoms with E-state index in [-0.39, 0.29) is 10.8 Å². The van der Waals surface area contributed by atoms with E-state index >= 15 is 0 Å². The van der Waals surface area contributed by atoms with Gasteiger partial charge in [0, 0.05) is 13.0 Å². The van der Waals surface area contributed by atoms with Gasteiger partial charge in [0.15, 0.2) is 5.75 Å². The molecule has 2 aromatic carbocycles. The number of hydrogen-bond acceptors (Lipinski definition) is 5. The first kappa shape index (κ1) is 21.7. The summed E-state index contributed by atoms with van der Waals surface area (Å²) < 4.78 is 11.6. The minimum Gasteiger partial charge on any atom is -0.407 e. The Balaban J connectivity index is 1.87. The van der Waals surface area contributed by atoms with Crippen molar-refractivity contribution in [2.24, 2.45) is 5.73 Å². The molecule has 2 N–H and O–H groups in total. The fraction of sp³-hybridized carbons (Fsp3) is 0.261. The van der Waals surface area contributed by atoms with Gasteiger partial charge in [0.1, 0.15) is 5.82 Å². The van der Waals surface area contributed by atoms with Crippen molar-refractivity contribution < 1.29 is 14.0 Å². The van der Waals surface area contributed by atoms with Gasteiger partial charge in [-0.25, -0.2) is 14.8 Å². The second-order valence-electron chi connectivity index (χ2n) is 8.02. The quantitative estimate of drug-likeness (QED) is 0.593. The summed E-state index contributed by atoms with van der Waals surface area (Å²) in [5, 5.41) is 2.38. The van der Waals surface area contributed by atoms with Gasteiger partial charge in [0.25, 0.3) is 8.32 Å². The summed E-state index contributed by atoms with van der Waals surface area (Å²) in [7, 11) is -2.58. The lowest BCUT2D eigenvalue weighted by atomic mass is 10.2. The summed E-state index contributed by atoms with van der Waals surface area (Å²) in [5.41, 5.74) is 5.01. The Morgan fingerprint density at radius 2 is 1.43 bits per heavy atom. The third kappa shape index (κ3) is 4.75. The number of ether oxygens (including phenoxy) is 1. The van der Waals surface area contributed by atoms with E-state index in [1.165, 1.54) is 22.8 Å². The lowest BCUT2D eigenvalue weighted by Gasteiger charge is -2.43. The van der Waals surface area contributed by atoms with Crippen LogP contribution in [0, 0.1) is 0 Å². The highest BCUT2D eigenvalue weighted by molar-refractivity contribution is 6.99. The molecule has 3 aromatic rings. The van der Waals surface area contributed by atoms with E-state index < -0.39 is 14.4 Å². The fourth-order valence-electron chi connectivity index (χ4n) is 3.70. The molecule has 0 radical (unpaired) electrons. The second kappa shape index (κ2) is 9.19. The normalized spacial score (nSPS) is 11.8. The number of carbonyl (C=O) groups is 1. The molecule has 0 saturated carbocycles. The highest BCUT2D eigenvalue weighted by Crippen LogP contribution is 2.36. The van der Waals surface area contributed by atoms with Gasteiger partial charge in [-0.05, 0) is 15.4 Å². The van der Waals surface area contributed by atoms with E-state index in [2.05, 4.69) is 79.3 Å². The van der Waals surface area contributed by atoms with Gasteiger partial charge in [-0.2, -0.15) is 0 Å². The van der Waals surface area contributed by atoms with E-state index in [1.807, 2.05) is 12.1 Å². The van der Waals surface area contributed by atoms with E-state index in [0.717, 1.165) is 0 Å². The molecular weight excluding hydrogens is 394 g/mol. The molecule has 0 aliphatic rings. The van der Waals surface area contributed by atoms with E-state index in [9.17, 15) is 4.79 Å². The SMILES string of the molecule is CC(C)(C)[Si](OCCc1ncc(OC(N)=O)cn1)(c1ccccc1)c1ccccc1. The molecule has 3 rings (SSSR count). The topological polar surface area (TPSA) is 87.3 Å². The monoisotopic (exact) mass is 421 g/mol. The number of nitrogens with zero attached hydrogens (tertiary/aromatic N) is 2. The molecule has 7 heteroatoms. The first-order valence-electron chi connectivity index (χ1n) is 9.86. The van der Waals surface area contributed by atoms with Crippen LogP contribution in [-0.4, -0.2) is 31.0 Å². The molecule has 0 aliphatic heterocycles. The summed E-state index contributed by atoms with van der Waals surface area (Å²) in [4.78, 5) is 19.3. The van der Waals surface area contributed by atoms with Gasteiger partial charge < -0.3 is 14.9 Å². The Labute approximate surface area is 178 Å². The van der Waals surface area contributed by atoms with Gasteiger partial charge in [-0.15, -0.1) is 0 Å². The maximum atomic E-state index is 10.8. The molecule has 156 valence electrons. The Morgan fingerprint density at radius 1 is 0.933 bits per heavy atom. The van der Waals surface area contributed by atoms with Crippen LogP contribution < -0.4 is 20.8 Å². The molecule has 0 fully saturated rings. The average Bonchev–Trinajstić information content (AvgIpc) is 2.72. The Hall–Kier alpha value is -3.03. The van der Waals surface area contributed by atoms with Crippen LogP contribution in [0.5, 0.6) is 5.75 Å². The summed E-state index contributed by atoms with van der Waals surface area (Å²) in [6, 6.07) is 21.0. The number of hydrogen-bond donors (Lipinski definition) is 1. The third-order valence-electron chi connectivity index (χ3n) is 4.96. The molecule has 0 aliphatic carbocycles. The zero-order valence-electron chi connectivity index (χ0n) is 17.5. The van der Waals surface area contributed by atoms with Crippen molar-refractivity contribution in [2.75, 3.05) is 6.61 Å². The Kier molecular flexibility index (Phi) is 6.64. The molecule has 0 saturated heterocycles. The van der Waals surface area contributed by atoms with Crippen LogP contribution >= 0.6 is 0 Å². The molecule has 1 aromatic heterocycles. The number of nitrogens with two attached hydrogens (primary N) is 1. The van der Waals surface area contributed by atoms with Crippen molar-refractivity contribution in [3.8, 4) is 5.75 Å². The van der Waals surface area contributed by atoms with E-state index in [0.29, 0.717) is 18.9 Å². The van der Waals surface area contributed by atoms with Gasteiger partial charge >= 0.3 is 6.09 Å². The largest absolute Gasteiger partial charge is 0.410 e. The predicted molar refractivity (Wildman–Crippen MR) is 120 cm³/mol. The van der Waals surface area contributed by atoms with Crippen LogP contribution in [0.1, 0.15) is 26.6 Å². The summed E-state index contributed by atoms with van der Waals surface area (Å²) >= 11 is 0. The molecule has 0 unspecified atom stereocenters. The zero-order valence-corrected chi connectivity index (χ0v) is 18.5. The number of amides is 1. The number of carbonyl (C=O) groups excluding carboxylic acids is 1. The number of rotatable bonds is 7. The molecular formula is C23H27N3O3Si. The molecule has 1 heterocycles. The first-order valence-corrected chi connectivity index (χ1v) is 11.8. The van der Waals surface area contributed by atoms with E-state index in [1.54, 1.807) is 0 Å². The van der Waals surface area contributed by atoms with Crippen LogP contribution in [-0.2, 0) is 10.8 Å². The van der Waals surface area contributed by atoms with Gasteiger partial charge in [0.05, 0.1) is 12.4 Å². The van der Waals surface area contributed by atoms with Crippen LogP contribution in [0.2, 0.25) is 5.04 Å². The molecule has 1 amide bonds. The highest BCUT2D eigenvalue weighted by Gasteiger charge is 2.49. The molecule has 30 heavy (non-hydrogen) atoms. The Bertz CT molecular complexity index is 919. The lowest BCUT2D eigenvalue weighted by Crippen LogP contribution is -2.66. The van der Waals surface area contributed by atoms with Crippen LogP contribution in [0.25, 0.3) is 0 Å². The Morgan fingerprint density at radius 3 is 1.87 bits per heavy atom. The van der Waals surface area contributed by atoms with E-state index in [4.69, 9.17) is 14.9 Å². The summed E-state index contributed by atoms with van der Waals surface area (Å²) in [5.74, 6) is 0.837. The molecule has 6 nitrogen and oxygen atoms in total. The van der Waals surface area contributed by atoms with Gasteiger partial charge in [-0.1, -0.05) is 81.4 Å². The number of aromatic nitrogens is 2. The summed E-state index contributed by atoms with van der Waals surface area (Å²) in [6.07, 6.45) is 2.54. The van der Waals surface area contributed by atoms with Crippen molar-refractivity contribution in [3.63, 3.8) is 0 Å². The standard InChI is InChI=1S/C23H27N3O3Si/c1-23(2,3)30(19-10-6-4-7-11-19,20-12-8-5-9-13-20)28-15-14-21-25-16-18(17-26-21)29-22(24)27/h4-13,16-17H,14-15H2,1-3H3,(H2,24,27). The molecule has 0 bridgehead atoms. The van der Waals surface area contributed by atoms with Crippen molar-refractivity contribution in [2.45, 2.75) is 32.2 Å². The predicted octanol–water partition coefficient (Wildman–Crippen LogP) is 3.05. The van der Waals surface area contributed by atoms with Crippen molar-refractivity contribution in [3.05, 3.63) is 78.9 Å². The number of benzene rings is 2.